The third-order valence-electron chi connectivity index (χ3n) is 3.41. The first-order valence-electron chi connectivity index (χ1n) is 6.17. The molecule has 0 bridgehead atoms. The molecule has 0 saturated carbocycles. The molecule has 0 aromatic heterocycles. The van der Waals surface area contributed by atoms with E-state index in [1.165, 1.54) is 0 Å². The Morgan fingerprint density at radius 3 is 2.33 bits per heavy atom. The van der Waals surface area contributed by atoms with Gasteiger partial charge in [0.1, 0.15) is 0 Å². The lowest BCUT2D eigenvalue weighted by Gasteiger charge is -2.40. The number of nitrogens with zero attached hydrogens (tertiary/aromatic N) is 1. The summed E-state index contributed by atoms with van der Waals surface area (Å²) in [5.41, 5.74) is 0.297. The summed E-state index contributed by atoms with van der Waals surface area (Å²) in [7, 11) is 0. The average molecular weight is 270 g/mol. The van der Waals surface area contributed by atoms with Gasteiger partial charge in [-0.1, -0.05) is 43.6 Å². The van der Waals surface area contributed by atoms with Gasteiger partial charge in [0.2, 0.25) is 0 Å². The Morgan fingerprint density at radius 2 is 1.89 bits per heavy atom. The van der Waals surface area contributed by atoms with Crippen molar-refractivity contribution in [1.82, 2.24) is 4.90 Å². The number of carbonyl (C=O) groups is 1. The van der Waals surface area contributed by atoms with Crippen LogP contribution in [0.3, 0.4) is 0 Å². The molecular formula is C14H20ClNO2. The maximum Gasteiger partial charge on any atom is 0.305 e. The highest BCUT2D eigenvalue weighted by Crippen LogP contribution is 2.36. The largest absolute Gasteiger partial charge is 0.481 e. The molecule has 1 rings (SSSR count). The Hall–Kier alpha value is -1.06. The molecule has 0 amide bonds. The molecule has 4 heteroatoms. The smallest absolute Gasteiger partial charge is 0.305 e. The molecule has 3 nitrogen and oxygen atoms in total. The quantitative estimate of drug-likeness (QED) is 0.861. The summed E-state index contributed by atoms with van der Waals surface area (Å²) in [6.07, 6.45) is 0.0401. The van der Waals surface area contributed by atoms with Gasteiger partial charge in [-0.25, -0.2) is 0 Å². The van der Waals surface area contributed by atoms with Crippen molar-refractivity contribution in [3.05, 3.63) is 34.9 Å². The Bertz CT molecular complexity index is 418. The average Bonchev–Trinajstić information content (AvgIpc) is 2.29. The van der Waals surface area contributed by atoms with Crippen molar-refractivity contribution >= 4 is 17.6 Å². The zero-order valence-electron chi connectivity index (χ0n) is 11.1. The molecule has 100 valence electrons. The summed E-state index contributed by atoms with van der Waals surface area (Å²) in [4.78, 5) is 13.3. The minimum atomic E-state index is -0.815. The molecule has 0 spiro atoms. The van der Waals surface area contributed by atoms with Gasteiger partial charge in [0, 0.05) is 5.02 Å². The third-order valence-corrected chi connectivity index (χ3v) is 3.74. The number of halogens is 1. The molecule has 1 aromatic rings. The van der Waals surface area contributed by atoms with E-state index in [4.69, 9.17) is 11.6 Å². The predicted molar refractivity (Wildman–Crippen MR) is 74.0 cm³/mol. The van der Waals surface area contributed by atoms with Crippen molar-refractivity contribution in [3.63, 3.8) is 0 Å². The SMILES string of the molecule is CCN(CC)C(C)(CC(=O)O)c1ccccc1Cl. The summed E-state index contributed by atoms with van der Waals surface area (Å²) in [6, 6.07) is 7.46. The molecule has 0 saturated heterocycles. The lowest BCUT2D eigenvalue weighted by atomic mass is 9.86. The van der Waals surface area contributed by atoms with Crippen LogP contribution in [-0.4, -0.2) is 29.1 Å². The number of hydrogen-bond donors (Lipinski definition) is 1. The first-order valence-corrected chi connectivity index (χ1v) is 6.55. The van der Waals surface area contributed by atoms with Crippen LogP contribution < -0.4 is 0 Å². The van der Waals surface area contributed by atoms with Gasteiger partial charge >= 0.3 is 5.97 Å². The van der Waals surface area contributed by atoms with Gasteiger partial charge in [-0.05, 0) is 31.6 Å². The number of carboxylic acid groups (broad SMARTS) is 1. The van der Waals surface area contributed by atoms with E-state index in [0.717, 1.165) is 18.7 Å². The van der Waals surface area contributed by atoms with Gasteiger partial charge in [0.25, 0.3) is 0 Å². The highest BCUT2D eigenvalue weighted by molar-refractivity contribution is 6.31. The fourth-order valence-electron chi connectivity index (χ4n) is 2.49. The van der Waals surface area contributed by atoms with E-state index < -0.39 is 11.5 Å². The van der Waals surface area contributed by atoms with E-state index in [9.17, 15) is 9.90 Å². The molecule has 1 N–H and O–H groups in total. The zero-order valence-corrected chi connectivity index (χ0v) is 11.9. The predicted octanol–water partition coefficient (Wildman–Crippen LogP) is 3.37. The van der Waals surface area contributed by atoms with E-state index in [-0.39, 0.29) is 6.42 Å². The van der Waals surface area contributed by atoms with Crippen LogP contribution in [0.15, 0.2) is 24.3 Å². The number of carboxylic acids is 1. The maximum atomic E-state index is 11.2. The van der Waals surface area contributed by atoms with Crippen molar-refractivity contribution in [2.75, 3.05) is 13.1 Å². The molecule has 0 fully saturated rings. The monoisotopic (exact) mass is 269 g/mol. The van der Waals surface area contributed by atoms with Crippen molar-refractivity contribution < 1.29 is 9.90 Å². The zero-order chi connectivity index (χ0) is 13.8. The van der Waals surface area contributed by atoms with Gasteiger partial charge in [-0.15, -0.1) is 0 Å². The van der Waals surface area contributed by atoms with Gasteiger partial charge in [-0.3, -0.25) is 9.69 Å². The van der Waals surface area contributed by atoms with Gasteiger partial charge < -0.3 is 5.11 Å². The normalized spacial score (nSPS) is 14.5. The van der Waals surface area contributed by atoms with E-state index in [0.29, 0.717) is 5.02 Å². The first-order chi connectivity index (χ1) is 8.45. The van der Waals surface area contributed by atoms with Crippen LogP contribution in [0.25, 0.3) is 0 Å². The molecule has 18 heavy (non-hydrogen) atoms. The highest BCUT2D eigenvalue weighted by atomic mass is 35.5. The van der Waals surface area contributed by atoms with E-state index >= 15 is 0 Å². The summed E-state index contributed by atoms with van der Waals surface area (Å²) >= 11 is 6.23. The van der Waals surface area contributed by atoms with Gasteiger partial charge in [0.15, 0.2) is 0 Å². The fraction of sp³-hybridized carbons (Fsp3) is 0.500. The summed E-state index contributed by atoms with van der Waals surface area (Å²) < 4.78 is 0. The van der Waals surface area contributed by atoms with Crippen LogP contribution in [0.1, 0.15) is 32.8 Å². The molecule has 0 aliphatic heterocycles. The molecule has 0 heterocycles. The van der Waals surface area contributed by atoms with Crippen molar-refractivity contribution in [2.24, 2.45) is 0 Å². The number of benzene rings is 1. The second-order valence-electron chi connectivity index (χ2n) is 4.50. The lowest BCUT2D eigenvalue weighted by molar-refractivity contribution is -0.140. The standard InChI is InChI=1S/C14H20ClNO2/c1-4-16(5-2)14(3,10-13(17)18)11-8-6-7-9-12(11)15/h6-9H,4-5,10H2,1-3H3,(H,17,18). The van der Waals surface area contributed by atoms with Crippen LogP contribution in [0.5, 0.6) is 0 Å². The third kappa shape index (κ3) is 3.03. The molecule has 1 atom stereocenters. The molecule has 0 radical (unpaired) electrons. The first kappa shape index (κ1) is 15.0. The molecule has 1 unspecified atom stereocenters. The second kappa shape index (κ2) is 6.21. The Morgan fingerprint density at radius 1 is 1.33 bits per heavy atom. The van der Waals surface area contributed by atoms with Gasteiger partial charge in [0.05, 0.1) is 12.0 Å². The number of hydrogen-bond acceptors (Lipinski definition) is 2. The topological polar surface area (TPSA) is 40.5 Å². The van der Waals surface area contributed by atoms with Crippen LogP contribution in [0.4, 0.5) is 0 Å². The fourth-order valence-corrected chi connectivity index (χ4v) is 2.83. The molecule has 0 aliphatic rings. The Kier molecular flexibility index (Phi) is 5.17. The van der Waals surface area contributed by atoms with Crippen molar-refractivity contribution in [1.29, 1.82) is 0 Å². The molecular weight excluding hydrogens is 250 g/mol. The minimum absolute atomic E-state index is 0.0401. The Balaban J connectivity index is 3.27. The Labute approximate surface area is 113 Å². The summed E-state index contributed by atoms with van der Waals surface area (Å²) in [5.74, 6) is -0.815. The van der Waals surface area contributed by atoms with E-state index in [1.807, 2.05) is 39.0 Å². The van der Waals surface area contributed by atoms with E-state index in [2.05, 4.69) is 4.90 Å². The second-order valence-corrected chi connectivity index (χ2v) is 4.90. The summed E-state index contributed by atoms with van der Waals surface area (Å²) in [6.45, 7) is 7.56. The van der Waals surface area contributed by atoms with Crippen LogP contribution in [-0.2, 0) is 10.3 Å². The van der Waals surface area contributed by atoms with Crippen molar-refractivity contribution in [3.8, 4) is 0 Å². The minimum Gasteiger partial charge on any atom is -0.481 e. The highest BCUT2D eigenvalue weighted by Gasteiger charge is 2.35. The van der Waals surface area contributed by atoms with Crippen LogP contribution >= 0.6 is 11.6 Å². The van der Waals surface area contributed by atoms with Crippen LogP contribution in [0.2, 0.25) is 5.02 Å². The van der Waals surface area contributed by atoms with Gasteiger partial charge in [-0.2, -0.15) is 0 Å². The lowest BCUT2D eigenvalue weighted by Crippen LogP contribution is -2.45. The molecule has 1 aromatic carbocycles. The summed E-state index contributed by atoms with van der Waals surface area (Å²) in [5, 5.41) is 9.79. The van der Waals surface area contributed by atoms with Crippen molar-refractivity contribution in [2.45, 2.75) is 32.7 Å². The molecule has 0 aliphatic carbocycles. The van der Waals surface area contributed by atoms with E-state index in [1.54, 1.807) is 6.07 Å². The maximum absolute atomic E-state index is 11.2. The number of aliphatic carboxylic acids is 1. The number of rotatable bonds is 6. The van der Waals surface area contributed by atoms with Crippen LogP contribution in [0, 0.1) is 0 Å².